The molecule has 130 valence electrons. The minimum Gasteiger partial charge on any atom is -0.495 e. The first-order valence-corrected chi connectivity index (χ1v) is 8.03. The van der Waals surface area contributed by atoms with Gasteiger partial charge in [0.05, 0.1) is 24.3 Å². The van der Waals surface area contributed by atoms with Gasteiger partial charge in [0.1, 0.15) is 17.1 Å². The van der Waals surface area contributed by atoms with Gasteiger partial charge in [-0.2, -0.15) is 0 Å². The first-order valence-electron chi connectivity index (χ1n) is 7.28. The number of likely N-dealkylation sites (N-methyl/N-ethyl adjacent to an activating group) is 1. The Morgan fingerprint density at radius 2 is 2.17 bits per heavy atom. The molecule has 0 fully saturated rings. The Hall–Kier alpha value is -1.44. The molecule has 8 heteroatoms. The Morgan fingerprint density at radius 1 is 1.50 bits per heavy atom. The largest absolute Gasteiger partial charge is 0.495 e. The van der Waals surface area contributed by atoms with Gasteiger partial charge in [0.2, 0.25) is 0 Å². The number of fused-ring (bicyclic) bond motifs is 3. The molecule has 0 saturated carbocycles. The lowest BCUT2D eigenvalue weighted by atomic mass is 10.0. The topological polar surface area (TPSA) is 88.7 Å². The van der Waals surface area contributed by atoms with E-state index in [1.54, 1.807) is 7.11 Å². The Labute approximate surface area is 150 Å². The first-order chi connectivity index (χ1) is 11.5. The number of nitrogens with two attached hydrogens (primary N) is 1. The summed E-state index contributed by atoms with van der Waals surface area (Å²) in [5.74, 6) is 0.568. The highest BCUT2D eigenvalue weighted by Crippen LogP contribution is 2.42. The number of halogens is 2. The number of methoxy groups -OCH3 is 1. The second kappa shape index (κ2) is 8.09. The van der Waals surface area contributed by atoms with E-state index in [0.29, 0.717) is 34.1 Å². The number of pyridine rings is 1. The van der Waals surface area contributed by atoms with E-state index in [0.717, 1.165) is 17.5 Å². The van der Waals surface area contributed by atoms with Crippen LogP contribution in [0.1, 0.15) is 17.2 Å². The highest BCUT2D eigenvalue weighted by atomic mass is 35.5. The second-order valence-electron chi connectivity index (χ2n) is 5.31. The standard InChI is InChI=1S/C14H15Cl2N3O.C2H4O2/c1-19-6-9-7-3-11(20-2)12(15)13(16)14(7)18-5-8(9)10(19)4-17;3-1-2-4/h3,5,10H,4,6,17H2,1-2H3;1,4H,2H2/t10-;/m0./s1. The summed E-state index contributed by atoms with van der Waals surface area (Å²) in [6, 6.07) is 2.10. The van der Waals surface area contributed by atoms with Crippen molar-refractivity contribution in [3.63, 3.8) is 0 Å². The molecule has 0 aliphatic carbocycles. The number of aromatic nitrogens is 1. The molecule has 6 nitrogen and oxygen atoms in total. The lowest BCUT2D eigenvalue weighted by molar-refractivity contribution is -0.110. The van der Waals surface area contributed by atoms with Gasteiger partial charge in [0, 0.05) is 30.7 Å². The van der Waals surface area contributed by atoms with Crippen molar-refractivity contribution >= 4 is 40.4 Å². The molecule has 2 heterocycles. The Kier molecular flexibility index (Phi) is 6.37. The van der Waals surface area contributed by atoms with Crippen LogP contribution in [-0.4, -0.2) is 48.6 Å². The Morgan fingerprint density at radius 3 is 2.71 bits per heavy atom. The predicted molar refractivity (Wildman–Crippen MR) is 94.7 cm³/mol. The SMILES string of the molecule is COc1cc2c3c(cnc2c(Cl)c1Cl)[C@H](CN)N(C)C3.O=CCO. The van der Waals surface area contributed by atoms with Crippen LogP contribution in [0.2, 0.25) is 10.0 Å². The van der Waals surface area contributed by atoms with Crippen LogP contribution in [0.25, 0.3) is 10.9 Å². The van der Waals surface area contributed by atoms with Crippen molar-refractivity contribution in [2.45, 2.75) is 12.6 Å². The van der Waals surface area contributed by atoms with E-state index in [9.17, 15) is 0 Å². The Balaban J connectivity index is 0.000000471. The fourth-order valence-corrected chi connectivity index (χ4v) is 3.30. The van der Waals surface area contributed by atoms with Gasteiger partial charge in [-0.1, -0.05) is 23.2 Å². The van der Waals surface area contributed by atoms with Crippen LogP contribution in [0.4, 0.5) is 0 Å². The molecule has 0 bridgehead atoms. The molecule has 1 aliphatic heterocycles. The van der Waals surface area contributed by atoms with Gasteiger partial charge in [-0.25, -0.2) is 0 Å². The van der Waals surface area contributed by atoms with Gasteiger partial charge >= 0.3 is 0 Å². The van der Waals surface area contributed by atoms with E-state index >= 15 is 0 Å². The lowest BCUT2D eigenvalue weighted by Crippen LogP contribution is -2.23. The van der Waals surface area contributed by atoms with Crippen LogP contribution in [-0.2, 0) is 11.3 Å². The molecular weight excluding hydrogens is 353 g/mol. The average molecular weight is 372 g/mol. The molecule has 0 unspecified atom stereocenters. The number of ether oxygens (including phenoxy) is 1. The van der Waals surface area contributed by atoms with Crippen molar-refractivity contribution in [2.75, 3.05) is 27.3 Å². The molecule has 0 saturated heterocycles. The number of carbonyl (C=O) groups is 1. The highest BCUT2D eigenvalue weighted by Gasteiger charge is 2.29. The monoisotopic (exact) mass is 371 g/mol. The van der Waals surface area contributed by atoms with Gasteiger partial charge in [-0.05, 0) is 24.2 Å². The zero-order chi connectivity index (χ0) is 17.9. The molecule has 0 radical (unpaired) electrons. The van der Waals surface area contributed by atoms with Crippen molar-refractivity contribution in [3.8, 4) is 5.75 Å². The maximum absolute atomic E-state index is 8.92. The number of aliphatic hydroxyl groups is 1. The van der Waals surface area contributed by atoms with Crippen LogP contribution in [0.5, 0.6) is 5.75 Å². The third kappa shape index (κ3) is 3.34. The average Bonchev–Trinajstić information content (AvgIpc) is 2.93. The van der Waals surface area contributed by atoms with E-state index in [4.69, 9.17) is 43.6 Å². The van der Waals surface area contributed by atoms with Gasteiger partial charge in [-0.3, -0.25) is 9.88 Å². The third-order valence-corrected chi connectivity index (χ3v) is 4.81. The molecule has 1 atom stereocenters. The van der Waals surface area contributed by atoms with Crippen molar-refractivity contribution in [1.29, 1.82) is 0 Å². The van der Waals surface area contributed by atoms with Gasteiger partial charge in [-0.15, -0.1) is 0 Å². The van der Waals surface area contributed by atoms with Crippen molar-refractivity contribution in [3.05, 3.63) is 33.4 Å². The summed E-state index contributed by atoms with van der Waals surface area (Å²) in [6.07, 6.45) is 2.29. The summed E-state index contributed by atoms with van der Waals surface area (Å²) in [5, 5.41) is 9.32. The molecule has 3 N–H and O–H groups in total. The minimum absolute atomic E-state index is 0.197. The molecule has 0 amide bonds. The van der Waals surface area contributed by atoms with Crippen LogP contribution >= 0.6 is 23.2 Å². The number of nitrogens with zero attached hydrogens (tertiary/aromatic N) is 2. The molecule has 3 rings (SSSR count). The van der Waals surface area contributed by atoms with E-state index in [-0.39, 0.29) is 12.6 Å². The van der Waals surface area contributed by atoms with Gasteiger partial charge in [0.15, 0.2) is 0 Å². The van der Waals surface area contributed by atoms with E-state index < -0.39 is 0 Å². The zero-order valence-corrected chi connectivity index (χ0v) is 14.9. The van der Waals surface area contributed by atoms with Crippen molar-refractivity contribution < 1.29 is 14.6 Å². The van der Waals surface area contributed by atoms with Crippen LogP contribution < -0.4 is 10.5 Å². The molecule has 24 heavy (non-hydrogen) atoms. The quantitative estimate of drug-likeness (QED) is 0.803. The fourth-order valence-electron chi connectivity index (χ4n) is 2.83. The summed E-state index contributed by atoms with van der Waals surface area (Å²) in [4.78, 5) is 15.6. The number of hydrogen-bond acceptors (Lipinski definition) is 6. The fraction of sp³-hybridized carbons (Fsp3) is 0.375. The summed E-state index contributed by atoms with van der Waals surface area (Å²) in [6.45, 7) is 1.02. The molecular formula is C16H19Cl2N3O3. The maximum atomic E-state index is 8.92. The van der Waals surface area contributed by atoms with Crippen LogP contribution in [0.15, 0.2) is 12.3 Å². The number of aliphatic hydroxyl groups excluding tert-OH is 1. The van der Waals surface area contributed by atoms with Crippen molar-refractivity contribution in [2.24, 2.45) is 5.73 Å². The summed E-state index contributed by atoms with van der Waals surface area (Å²) < 4.78 is 5.29. The van der Waals surface area contributed by atoms with Crippen molar-refractivity contribution in [1.82, 2.24) is 9.88 Å². The lowest BCUT2D eigenvalue weighted by Gasteiger charge is -2.17. The van der Waals surface area contributed by atoms with Crippen LogP contribution in [0.3, 0.4) is 0 Å². The number of aldehydes is 1. The van der Waals surface area contributed by atoms with E-state index in [2.05, 4.69) is 16.9 Å². The third-order valence-electron chi connectivity index (χ3n) is 3.97. The summed E-state index contributed by atoms with van der Waals surface area (Å²) >= 11 is 12.5. The summed E-state index contributed by atoms with van der Waals surface area (Å²) in [5.41, 5.74) is 8.92. The van der Waals surface area contributed by atoms with Gasteiger partial charge in [0.25, 0.3) is 0 Å². The van der Waals surface area contributed by atoms with E-state index in [1.807, 2.05) is 12.3 Å². The molecule has 1 aromatic carbocycles. The van der Waals surface area contributed by atoms with E-state index in [1.165, 1.54) is 5.56 Å². The zero-order valence-electron chi connectivity index (χ0n) is 13.4. The molecule has 2 aromatic rings. The maximum Gasteiger partial charge on any atom is 0.145 e. The number of carbonyl (C=O) groups excluding carboxylic acids is 1. The number of rotatable bonds is 3. The first kappa shape index (κ1) is 18.9. The Bertz CT molecular complexity index is 755. The highest BCUT2D eigenvalue weighted by molar-refractivity contribution is 6.46. The predicted octanol–water partition coefficient (Wildman–Crippen LogP) is 2.17. The molecule has 0 spiro atoms. The number of benzene rings is 1. The summed E-state index contributed by atoms with van der Waals surface area (Å²) in [7, 11) is 3.63. The second-order valence-corrected chi connectivity index (χ2v) is 6.07. The normalized spacial score (nSPS) is 16.5. The minimum atomic E-state index is -0.361. The smallest absolute Gasteiger partial charge is 0.145 e. The van der Waals surface area contributed by atoms with Gasteiger partial charge < -0.3 is 20.4 Å². The van der Waals surface area contributed by atoms with Crippen LogP contribution in [0, 0.1) is 0 Å². The molecule has 1 aliphatic rings. The number of hydrogen-bond donors (Lipinski definition) is 2. The molecule has 1 aromatic heterocycles.